The Balaban J connectivity index is 2.40. The van der Waals surface area contributed by atoms with Gasteiger partial charge in [-0.1, -0.05) is 18.5 Å². The van der Waals surface area contributed by atoms with E-state index in [0.29, 0.717) is 0 Å². The lowest BCUT2D eigenvalue weighted by atomic mass is 9.74. The van der Waals surface area contributed by atoms with Crippen LogP contribution in [0.2, 0.25) is 5.02 Å². The van der Waals surface area contributed by atoms with Gasteiger partial charge in [-0.2, -0.15) is 0 Å². The van der Waals surface area contributed by atoms with Crippen LogP contribution < -0.4 is 5.32 Å². The van der Waals surface area contributed by atoms with Crippen molar-refractivity contribution in [2.45, 2.75) is 43.0 Å². The molecule has 1 saturated carbocycles. The summed E-state index contributed by atoms with van der Waals surface area (Å²) in [6, 6.07) is 1.98. The van der Waals surface area contributed by atoms with Gasteiger partial charge >= 0.3 is 0 Å². The molecule has 1 N–H and O–H groups in total. The molecule has 0 aliphatic heterocycles. The highest BCUT2D eigenvalue weighted by Gasteiger charge is 2.37. The smallest absolute Gasteiger partial charge is 0.264 e. The van der Waals surface area contributed by atoms with E-state index >= 15 is 0 Å². The van der Waals surface area contributed by atoms with Gasteiger partial charge in [0.25, 0.3) is 15.0 Å². The molecule has 0 unspecified atom stereocenters. The molecule has 1 fully saturated rings. The molecule has 1 aliphatic carbocycles. The normalized spacial score (nSPS) is 17.1. The maximum atomic E-state index is 14.2. The topological polar surface area (TPSA) is 63.2 Å². The van der Waals surface area contributed by atoms with E-state index in [9.17, 15) is 17.6 Å². The molecule has 0 bridgehead atoms. The van der Waals surface area contributed by atoms with Crippen molar-refractivity contribution in [1.82, 2.24) is 5.32 Å². The van der Waals surface area contributed by atoms with Gasteiger partial charge in [0.1, 0.15) is 4.90 Å². The van der Waals surface area contributed by atoms with Crippen molar-refractivity contribution >= 4 is 37.2 Å². The lowest BCUT2D eigenvalue weighted by Crippen LogP contribution is -2.53. The Bertz CT molecular complexity index is 681. The number of carbonyl (C=O) groups is 1. The Morgan fingerprint density at radius 1 is 1.43 bits per heavy atom. The zero-order valence-electron chi connectivity index (χ0n) is 11.3. The highest BCUT2D eigenvalue weighted by molar-refractivity contribution is 8.13. The van der Waals surface area contributed by atoms with Crippen molar-refractivity contribution < 1.29 is 17.6 Å². The maximum absolute atomic E-state index is 14.2. The summed E-state index contributed by atoms with van der Waals surface area (Å²) in [4.78, 5) is 11.4. The van der Waals surface area contributed by atoms with Crippen LogP contribution in [-0.4, -0.2) is 19.9 Å². The van der Waals surface area contributed by atoms with Gasteiger partial charge in [0.15, 0.2) is 5.82 Å². The van der Waals surface area contributed by atoms with Crippen molar-refractivity contribution in [3.63, 3.8) is 0 Å². The summed E-state index contributed by atoms with van der Waals surface area (Å²) in [7, 11) is 0.833. The third kappa shape index (κ3) is 3.33. The zero-order chi connectivity index (χ0) is 15.8. The second kappa shape index (κ2) is 5.74. The van der Waals surface area contributed by atoms with Crippen LogP contribution in [0.3, 0.4) is 0 Å². The summed E-state index contributed by atoms with van der Waals surface area (Å²) in [5.74, 6) is -1.87. The Morgan fingerprint density at radius 3 is 2.48 bits per heavy atom. The Kier molecular flexibility index (Phi) is 4.52. The first-order valence-electron chi connectivity index (χ1n) is 6.45. The van der Waals surface area contributed by atoms with Crippen LogP contribution in [0.25, 0.3) is 0 Å². The first kappa shape index (κ1) is 16.5. The molecule has 8 heteroatoms. The quantitative estimate of drug-likeness (QED) is 0.843. The molecule has 1 aromatic rings. The fourth-order valence-corrected chi connectivity index (χ4v) is 3.60. The van der Waals surface area contributed by atoms with E-state index < -0.39 is 31.2 Å². The first-order valence-corrected chi connectivity index (χ1v) is 9.13. The number of halogens is 3. The highest BCUT2D eigenvalue weighted by atomic mass is 35.7. The zero-order valence-corrected chi connectivity index (χ0v) is 13.6. The minimum absolute atomic E-state index is 0.0695. The summed E-state index contributed by atoms with van der Waals surface area (Å²) in [5, 5.41) is 2.70. The van der Waals surface area contributed by atoms with E-state index in [-0.39, 0.29) is 10.6 Å². The molecule has 0 saturated heterocycles. The van der Waals surface area contributed by atoms with Crippen LogP contribution in [0.1, 0.15) is 43.0 Å². The van der Waals surface area contributed by atoms with Gasteiger partial charge in [0, 0.05) is 21.2 Å². The van der Waals surface area contributed by atoms with E-state index in [0.717, 1.165) is 37.8 Å². The van der Waals surface area contributed by atoms with Crippen LogP contribution in [-0.2, 0) is 9.05 Å². The van der Waals surface area contributed by atoms with Crippen molar-refractivity contribution in [3.05, 3.63) is 28.5 Å². The summed E-state index contributed by atoms with van der Waals surface area (Å²) in [6.45, 7) is 1.93. The predicted molar refractivity (Wildman–Crippen MR) is 78.8 cm³/mol. The van der Waals surface area contributed by atoms with Crippen molar-refractivity contribution in [3.8, 4) is 0 Å². The minimum Gasteiger partial charge on any atom is -0.347 e. The number of hydrogen-bond acceptors (Lipinski definition) is 3. The predicted octanol–water partition coefficient (Wildman–Crippen LogP) is 3.47. The van der Waals surface area contributed by atoms with E-state index in [1.807, 2.05) is 6.92 Å². The Labute approximate surface area is 132 Å². The molecule has 21 heavy (non-hydrogen) atoms. The monoisotopic (exact) mass is 353 g/mol. The van der Waals surface area contributed by atoms with Crippen LogP contribution in [0, 0.1) is 5.82 Å². The molecule has 2 rings (SSSR count). The third-order valence-corrected chi connectivity index (χ3v) is 5.42. The van der Waals surface area contributed by atoms with Crippen molar-refractivity contribution in [2.24, 2.45) is 0 Å². The third-order valence-electron chi connectivity index (χ3n) is 3.88. The van der Waals surface area contributed by atoms with Crippen molar-refractivity contribution in [1.29, 1.82) is 0 Å². The standard InChI is InChI=1S/C13H14Cl2FNO3S/c1-2-13(4-3-5-13)17-12(18)9-6-8(14)7-10(11(9)16)21(15,19)20/h6-7H,2-5H2,1H3,(H,17,18). The second-order valence-electron chi connectivity index (χ2n) is 5.14. The lowest BCUT2D eigenvalue weighted by molar-refractivity contribution is 0.0815. The average Bonchev–Trinajstić information content (AvgIpc) is 2.34. The minimum atomic E-state index is -4.32. The van der Waals surface area contributed by atoms with Gasteiger partial charge in [-0.15, -0.1) is 0 Å². The van der Waals surface area contributed by atoms with E-state index in [2.05, 4.69) is 5.32 Å². The molecule has 4 nitrogen and oxygen atoms in total. The molecule has 0 aromatic heterocycles. The molecule has 0 atom stereocenters. The van der Waals surface area contributed by atoms with Crippen molar-refractivity contribution in [2.75, 3.05) is 0 Å². The van der Waals surface area contributed by atoms with Gasteiger partial charge in [-0.3, -0.25) is 4.79 Å². The molecule has 0 radical (unpaired) electrons. The second-order valence-corrected chi connectivity index (χ2v) is 8.12. The van der Waals surface area contributed by atoms with Gasteiger partial charge in [-0.25, -0.2) is 12.8 Å². The number of nitrogens with one attached hydrogen (secondary N) is 1. The number of carbonyl (C=O) groups excluding carboxylic acids is 1. The molecule has 1 aliphatic rings. The Morgan fingerprint density at radius 2 is 2.05 bits per heavy atom. The molecule has 0 spiro atoms. The van der Waals surface area contributed by atoms with Gasteiger partial charge in [0.2, 0.25) is 0 Å². The number of hydrogen-bond donors (Lipinski definition) is 1. The number of rotatable bonds is 4. The Hall–Kier alpha value is -0.850. The molecule has 116 valence electrons. The highest BCUT2D eigenvalue weighted by Crippen LogP contribution is 2.35. The summed E-state index contributed by atoms with van der Waals surface area (Å²) in [5.41, 5.74) is -0.757. The van der Waals surface area contributed by atoms with E-state index in [1.165, 1.54) is 0 Å². The van der Waals surface area contributed by atoms with E-state index in [1.54, 1.807) is 0 Å². The van der Waals surface area contributed by atoms with E-state index in [4.69, 9.17) is 22.3 Å². The largest absolute Gasteiger partial charge is 0.347 e. The molecule has 1 aromatic carbocycles. The molecular formula is C13H14Cl2FNO3S. The fraction of sp³-hybridized carbons (Fsp3) is 0.462. The summed E-state index contributed by atoms with van der Waals surface area (Å²) in [6.07, 6.45) is 3.35. The first-order chi connectivity index (χ1) is 9.68. The summed E-state index contributed by atoms with van der Waals surface area (Å²) >= 11 is 5.76. The molecule has 1 amide bonds. The van der Waals surface area contributed by atoms with Gasteiger partial charge in [0.05, 0.1) is 5.56 Å². The lowest BCUT2D eigenvalue weighted by Gasteiger charge is -2.42. The van der Waals surface area contributed by atoms with Crippen LogP contribution in [0.4, 0.5) is 4.39 Å². The van der Waals surface area contributed by atoms with Gasteiger partial charge < -0.3 is 5.32 Å². The van der Waals surface area contributed by atoms with Crippen LogP contribution in [0.5, 0.6) is 0 Å². The average molecular weight is 354 g/mol. The molecule has 0 heterocycles. The van der Waals surface area contributed by atoms with Crippen LogP contribution >= 0.6 is 22.3 Å². The number of amides is 1. The SMILES string of the molecule is CCC1(NC(=O)c2cc(Cl)cc(S(=O)(=O)Cl)c2F)CCC1. The maximum Gasteiger partial charge on any atom is 0.264 e. The fourth-order valence-electron chi connectivity index (χ4n) is 2.39. The summed E-state index contributed by atoms with van der Waals surface area (Å²) < 4.78 is 36.9. The van der Waals surface area contributed by atoms with Gasteiger partial charge in [-0.05, 0) is 37.8 Å². The number of benzene rings is 1. The van der Waals surface area contributed by atoms with Crippen LogP contribution in [0.15, 0.2) is 17.0 Å². The molecular weight excluding hydrogens is 340 g/mol.